The molecule has 0 saturated carbocycles. The first-order chi connectivity index (χ1) is 11.5. The van der Waals surface area contributed by atoms with E-state index in [1.165, 1.54) is 0 Å². The largest absolute Gasteiger partial charge is 0.466 e. The average Bonchev–Trinajstić information content (AvgIpc) is 3.08. The zero-order valence-electron chi connectivity index (χ0n) is 14.0. The van der Waals surface area contributed by atoms with Gasteiger partial charge in [-0.25, -0.2) is 4.79 Å². The van der Waals surface area contributed by atoms with Gasteiger partial charge in [-0.15, -0.1) is 0 Å². The highest BCUT2D eigenvalue weighted by Gasteiger charge is 2.30. The number of ether oxygens (including phenoxy) is 1. The smallest absolute Gasteiger partial charge is 0.341 e. The fourth-order valence-electron chi connectivity index (χ4n) is 3.03. The second-order valence-corrected chi connectivity index (χ2v) is 6.26. The Labute approximate surface area is 141 Å². The molecular weight excluding hydrogens is 306 g/mol. The third-order valence-electron chi connectivity index (χ3n) is 4.22. The van der Waals surface area contributed by atoms with Crippen LogP contribution in [0.25, 0.3) is 0 Å². The van der Waals surface area contributed by atoms with Crippen molar-refractivity contribution in [3.8, 4) is 0 Å². The monoisotopic (exact) mass is 327 g/mol. The van der Waals surface area contributed by atoms with Gasteiger partial charge in [0, 0.05) is 25.4 Å². The lowest BCUT2D eigenvalue weighted by Gasteiger charge is -2.16. The quantitative estimate of drug-likeness (QED) is 0.792. The number of benzene rings is 1. The predicted octanol–water partition coefficient (Wildman–Crippen LogP) is 3.10. The molecule has 1 atom stereocenters. The van der Waals surface area contributed by atoms with Gasteiger partial charge in [-0.2, -0.15) is 0 Å². The Hall–Kier alpha value is -2.56. The number of carbonyl (C=O) groups is 2. The Balaban J connectivity index is 1.53. The molecule has 0 radical (unpaired) electrons. The molecule has 3 rings (SSSR count). The summed E-state index contributed by atoms with van der Waals surface area (Å²) in [6.07, 6.45) is 0.420. The van der Waals surface area contributed by atoms with Crippen LogP contribution in [-0.2, 0) is 16.1 Å². The molecule has 2 aromatic rings. The highest BCUT2D eigenvalue weighted by Crippen LogP contribution is 2.21. The maximum atomic E-state index is 12.1. The molecule has 0 bridgehead atoms. The molecule has 0 N–H and O–H groups in total. The van der Waals surface area contributed by atoms with Gasteiger partial charge >= 0.3 is 5.97 Å². The van der Waals surface area contributed by atoms with Crippen molar-refractivity contribution in [3.05, 3.63) is 59.0 Å². The Morgan fingerprint density at radius 1 is 1.29 bits per heavy atom. The number of hydrogen-bond donors (Lipinski definition) is 0. The second-order valence-electron chi connectivity index (χ2n) is 6.26. The molecule has 0 aliphatic carbocycles. The van der Waals surface area contributed by atoms with E-state index in [1.807, 2.05) is 35.2 Å². The molecule has 1 amide bonds. The predicted molar refractivity (Wildman–Crippen MR) is 88.4 cm³/mol. The highest BCUT2D eigenvalue weighted by molar-refractivity contribution is 5.90. The zero-order valence-corrected chi connectivity index (χ0v) is 14.0. The van der Waals surface area contributed by atoms with Crippen LogP contribution in [0.15, 0.2) is 40.8 Å². The van der Waals surface area contributed by atoms with Crippen LogP contribution in [0, 0.1) is 19.8 Å². The van der Waals surface area contributed by atoms with Crippen LogP contribution in [0.3, 0.4) is 0 Å². The van der Waals surface area contributed by atoms with E-state index in [0.717, 1.165) is 5.56 Å². The molecule has 5 nitrogen and oxygen atoms in total. The number of furan rings is 1. The lowest BCUT2D eigenvalue weighted by Crippen LogP contribution is -2.25. The van der Waals surface area contributed by atoms with Crippen molar-refractivity contribution in [1.29, 1.82) is 0 Å². The molecule has 5 heteroatoms. The molecule has 24 heavy (non-hydrogen) atoms. The van der Waals surface area contributed by atoms with Crippen LogP contribution in [-0.4, -0.2) is 29.9 Å². The number of amides is 1. The van der Waals surface area contributed by atoms with E-state index in [9.17, 15) is 9.59 Å². The number of rotatable bonds is 5. The van der Waals surface area contributed by atoms with E-state index in [1.54, 1.807) is 19.9 Å². The number of nitrogens with zero attached hydrogens (tertiary/aromatic N) is 1. The summed E-state index contributed by atoms with van der Waals surface area (Å²) in [6.45, 7) is 5.00. The van der Waals surface area contributed by atoms with E-state index in [4.69, 9.17) is 9.15 Å². The first kappa shape index (κ1) is 16.3. The van der Waals surface area contributed by atoms with E-state index in [0.29, 0.717) is 36.6 Å². The molecule has 1 aromatic heterocycles. The van der Waals surface area contributed by atoms with Crippen molar-refractivity contribution in [2.24, 2.45) is 5.92 Å². The van der Waals surface area contributed by atoms with E-state index in [-0.39, 0.29) is 18.4 Å². The maximum Gasteiger partial charge on any atom is 0.341 e. The van der Waals surface area contributed by atoms with Crippen LogP contribution in [0.4, 0.5) is 0 Å². The van der Waals surface area contributed by atoms with E-state index >= 15 is 0 Å². The summed E-state index contributed by atoms with van der Waals surface area (Å²) in [7, 11) is 0. The van der Waals surface area contributed by atoms with Crippen LogP contribution >= 0.6 is 0 Å². The number of likely N-dealkylation sites (tertiary alicyclic amines) is 1. The van der Waals surface area contributed by atoms with Crippen molar-refractivity contribution in [2.75, 3.05) is 13.2 Å². The van der Waals surface area contributed by atoms with Crippen LogP contribution in [0.2, 0.25) is 0 Å². The molecule has 1 unspecified atom stereocenters. The topological polar surface area (TPSA) is 59.8 Å². The maximum absolute atomic E-state index is 12.1. The van der Waals surface area contributed by atoms with Crippen LogP contribution in [0.1, 0.15) is 33.9 Å². The zero-order chi connectivity index (χ0) is 17.1. The third kappa shape index (κ3) is 3.67. The summed E-state index contributed by atoms with van der Waals surface area (Å²) in [6, 6.07) is 11.6. The minimum Gasteiger partial charge on any atom is -0.466 e. The Kier molecular flexibility index (Phi) is 4.69. The fraction of sp³-hybridized carbons (Fsp3) is 0.368. The van der Waals surface area contributed by atoms with Gasteiger partial charge in [0.2, 0.25) is 5.91 Å². The molecule has 1 saturated heterocycles. The van der Waals surface area contributed by atoms with Gasteiger partial charge in [0.1, 0.15) is 17.1 Å². The Bertz CT molecular complexity index is 735. The van der Waals surface area contributed by atoms with Gasteiger partial charge in [-0.1, -0.05) is 30.3 Å². The molecular formula is C19H21NO4. The first-order valence-electron chi connectivity index (χ1n) is 8.09. The minimum absolute atomic E-state index is 0.0402. The Morgan fingerprint density at radius 2 is 2.04 bits per heavy atom. The van der Waals surface area contributed by atoms with Crippen molar-refractivity contribution in [2.45, 2.75) is 26.8 Å². The normalized spacial score (nSPS) is 17.3. The number of carbonyl (C=O) groups excluding carboxylic acids is 2. The number of esters is 1. The van der Waals surface area contributed by atoms with Crippen LogP contribution in [0.5, 0.6) is 0 Å². The molecule has 126 valence electrons. The molecule has 1 aliphatic rings. The molecule has 1 aromatic carbocycles. The van der Waals surface area contributed by atoms with Gasteiger partial charge in [0.15, 0.2) is 0 Å². The summed E-state index contributed by atoms with van der Waals surface area (Å²) >= 11 is 0. The summed E-state index contributed by atoms with van der Waals surface area (Å²) in [5.41, 5.74) is 1.56. The summed E-state index contributed by atoms with van der Waals surface area (Å²) in [5.74, 6) is 1.00. The van der Waals surface area contributed by atoms with Crippen molar-refractivity contribution in [3.63, 3.8) is 0 Å². The highest BCUT2D eigenvalue weighted by atomic mass is 16.5. The molecule has 0 spiro atoms. The summed E-state index contributed by atoms with van der Waals surface area (Å²) in [5, 5.41) is 0. The average molecular weight is 327 g/mol. The number of aryl methyl sites for hydroxylation is 2. The molecule has 1 aliphatic heterocycles. The van der Waals surface area contributed by atoms with E-state index < -0.39 is 5.97 Å². The lowest BCUT2D eigenvalue weighted by atomic mass is 10.1. The first-order valence-corrected chi connectivity index (χ1v) is 8.09. The van der Waals surface area contributed by atoms with Gasteiger partial charge < -0.3 is 14.1 Å². The molecule has 2 heterocycles. The van der Waals surface area contributed by atoms with Crippen molar-refractivity contribution < 1.29 is 18.7 Å². The second kappa shape index (κ2) is 6.91. The van der Waals surface area contributed by atoms with Gasteiger partial charge in [0.25, 0.3) is 0 Å². The van der Waals surface area contributed by atoms with E-state index in [2.05, 4.69) is 0 Å². The Morgan fingerprint density at radius 3 is 2.71 bits per heavy atom. The SMILES string of the molecule is Cc1cc(C(=O)OCC2CC(=O)N(Cc3ccccc3)C2)c(C)o1. The van der Waals surface area contributed by atoms with Gasteiger partial charge in [-0.05, 0) is 25.5 Å². The lowest BCUT2D eigenvalue weighted by molar-refractivity contribution is -0.128. The summed E-state index contributed by atoms with van der Waals surface area (Å²) in [4.78, 5) is 26.1. The minimum atomic E-state index is -0.390. The van der Waals surface area contributed by atoms with Gasteiger partial charge in [0.05, 0.1) is 6.61 Å². The fourth-order valence-corrected chi connectivity index (χ4v) is 3.03. The third-order valence-corrected chi connectivity index (χ3v) is 4.22. The summed E-state index contributed by atoms with van der Waals surface area (Å²) < 4.78 is 10.7. The standard InChI is InChI=1S/C19H21NO4/c1-13-8-17(14(2)24-13)19(22)23-12-16-9-18(21)20(11-16)10-15-6-4-3-5-7-15/h3-8,16H,9-12H2,1-2H3. The molecule has 1 fully saturated rings. The van der Waals surface area contributed by atoms with Crippen molar-refractivity contribution in [1.82, 2.24) is 4.90 Å². The van der Waals surface area contributed by atoms with Crippen molar-refractivity contribution >= 4 is 11.9 Å². The number of hydrogen-bond acceptors (Lipinski definition) is 4. The van der Waals surface area contributed by atoms with Gasteiger partial charge in [-0.3, -0.25) is 4.79 Å². The van der Waals surface area contributed by atoms with Crippen LogP contribution < -0.4 is 0 Å².